The Balaban J connectivity index is 1.60. The summed E-state index contributed by atoms with van der Waals surface area (Å²) < 4.78 is 19.8. The zero-order chi connectivity index (χ0) is 22.9. The molecule has 0 radical (unpaired) electrons. The first-order valence-corrected chi connectivity index (χ1v) is 11.8. The number of aromatic nitrogens is 2. The lowest BCUT2D eigenvalue weighted by Crippen LogP contribution is -2.45. The van der Waals surface area contributed by atoms with Crippen molar-refractivity contribution in [2.24, 2.45) is 0 Å². The van der Waals surface area contributed by atoms with Gasteiger partial charge >= 0.3 is 0 Å². The van der Waals surface area contributed by atoms with Crippen molar-refractivity contribution in [3.8, 4) is 10.7 Å². The van der Waals surface area contributed by atoms with Gasteiger partial charge in [0.15, 0.2) is 5.11 Å². The first-order chi connectivity index (χ1) is 16.0. The van der Waals surface area contributed by atoms with Crippen LogP contribution in [0.1, 0.15) is 30.0 Å². The van der Waals surface area contributed by atoms with Gasteiger partial charge in [-0.3, -0.25) is 0 Å². The van der Waals surface area contributed by atoms with Crippen LogP contribution >= 0.6 is 35.2 Å². The topological polar surface area (TPSA) is 54.2 Å². The van der Waals surface area contributed by atoms with Crippen LogP contribution in [0.2, 0.25) is 5.02 Å². The highest BCUT2D eigenvalue weighted by Gasteiger charge is 2.34. The predicted molar refractivity (Wildman–Crippen MR) is 132 cm³/mol. The first kappa shape index (κ1) is 21.8. The number of thiophene rings is 1. The van der Waals surface area contributed by atoms with Crippen LogP contribution < -0.4 is 5.32 Å². The quantitative estimate of drug-likeness (QED) is 0.320. The molecule has 1 aliphatic rings. The summed E-state index contributed by atoms with van der Waals surface area (Å²) in [6, 6.07) is 17.5. The van der Waals surface area contributed by atoms with Gasteiger partial charge in [0.25, 0.3) is 5.89 Å². The fourth-order valence-corrected chi connectivity index (χ4v) is 4.89. The third kappa shape index (κ3) is 4.42. The molecular formula is C24H18ClFN4OS2. The zero-order valence-corrected chi connectivity index (χ0v) is 19.8. The third-order valence-corrected chi connectivity index (χ3v) is 6.89. The molecule has 2 aromatic carbocycles. The molecule has 1 N–H and O–H groups in total. The summed E-state index contributed by atoms with van der Waals surface area (Å²) in [5.41, 5.74) is 3.35. The van der Waals surface area contributed by atoms with E-state index in [1.807, 2.05) is 59.7 Å². The molecule has 3 heterocycles. The molecule has 2 aromatic heterocycles. The van der Waals surface area contributed by atoms with Crippen molar-refractivity contribution in [1.29, 1.82) is 0 Å². The number of thiocarbonyl (C=S) groups is 1. The molecule has 1 aliphatic heterocycles. The molecule has 5 rings (SSSR count). The minimum Gasteiger partial charge on any atom is -0.351 e. The maximum absolute atomic E-state index is 14.1. The van der Waals surface area contributed by atoms with E-state index in [2.05, 4.69) is 15.5 Å². The Morgan fingerprint density at radius 1 is 1.18 bits per heavy atom. The van der Waals surface area contributed by atoms with E-state index in [1.54, 1.807) is 6.07 Å². The Morgan fingerprint density at radius 3 is 2.73 bits per heavy atom. The van der Waals surface area contributed by atoms with E-state index in [9.17, 15) is 4.39 Å². The lowest BCUT2D eigenvalue weighted by molar-refractivity contribution is 0.396. The molecule has 0 bridgehead atoms. The summed E-state index contributed by atoms with van der Waals surface area (Å²) in [4.78, 5) is 7.53. The largest absolute Gasteiger partial charge is 0.351 e. The van der Waals surface area contributed by atoms with Gasteiger partial charge in [-0.05, 0) is 66.0 Å². The SMILES string of the molecule is CC1=C(c2nc(-c3cccs3)no2)C(c2cccc(F)c2)NC(=S)N1Cc1ccc(Cl)cc1. The highest BCUT2D eigenvalue weighted by Crippen LogP contribution is 2.38. The second-order valence-electron chi connectivity index (χ2n) is 7.55. The van der Waals surface area contributed by atoms with E-state index >= 15 is 0 Å². The minimum absolute atomic E-state index is 0.328. The Labute approximate surface area is 204 Å². The molecule has 0 fully saturated rings. The fraction of sp³-hybridized carbons (Fsp3) is 0.125. The van der Waals surface area contributed by atoms with Crippen molar-refractivity contribution in [3.63, 3.8) is 0 Å². The number of nitrogens with one attached hydrogen (secondary N) is 1. The smallest absolute Gasteiger partial charge is 0.258 e. The Kier molecular flexibility index (Phi) is 5.97. The predicted octanol–water partition coefficient (Wildman–Crippen LogP) is 6.45. The van der Waals surface area contributed by atoms with Crippen molar-refractivity contribution in [2.75, 3.05) is 0 Å². The average Bonchev–Trinajstić information content (AvgIpc) is 3.50. The number of rotatable bonds is 5. The normalized spacial score (nSPS) is 16.3. The van der Waals surface area contributed by atoms with Gasteiger partial charge in [-0.2, -0.15) is 4.98 Å². The minimum atomic E-state index is -0.439. The number of allylic oxidation sites excluding steroid dienone is 1. The molecule has 0 amide bonds. The molecule has 0 saturated heterocycles. The molecular weight excluding hydrogens is 479 g/mol. The molecule has 5 nitrogen and oxygen atoms in total. The van der Waals surface area contributed by atoms with Crippen LogP contribution in [0, 0.1) is 5.82 Å². The molecule has 0 aliphatic carbocycles. The van der Waals surface area contributed by atoms with Crippen molar-refractivity contribution in [3.05, 3.63) is 99.6 Å². The van der Waals surface area contributed by atoms with Crippen molar-refractivity contribution in [2.45, 2.75) is 19.5 Å². The molecule has 0 saturated carbocycles. The summed E-state index contributed by atoms with van der Waals surface area (Å²) >= 11 is 13.3. The van der Waals surface area contributed by atoms with Gasteiger partial charge in [-0.25, -0.2) is 4.39 Å². The van der Waals surface area contributed by atoms with Crippen LogP contribution in [0.5, 0.6) is 0 Å². The van der Waals surface area contributed by atoms with Crippen molar-refractivity contribution >= 4 is 45.8 Å². The average molecular weight is 497 g/mol. The van der Waals surface area contributed by atoms with Gasteiger partial charge in [0.1, 0.15) is 5.82 Å². The molecule has 4 aromatic rings. The van der Waals surface area contributed by atoms with Gasteiger partial charge in [0, 0.05) is 17.3 Å². The second-order valence-corrected chi connectivity index (χ2v) is 9.32. The summed E-state index contributed by atoms with van der Waals surface area (Å²) in [6.45, 7) is 2.49. The number of benzene rings is 2. The number of hydrogen-bond acceptors (Lipinski definition) is 5. The summed E-state index contributed by atoms with van der Waals surface area (Å²) in [5, 5.41) is 10.7. The van der Waals surface area contributed by atoms with E-state index in [1.165, 1.54) is 23.5 Å². The van der Waals surface area contributed by atoms with Crippen LogP contribution in [0.4, 0.5) is 4.39 Å². The Morgan fingerprint density at radius 2 is 2.00 bits per heavy atom. The van der Waals surface area contributed by atoms with Crippen molar-refractivity contribution < 1.29 is 8.91 Å². The molecule has 33 heavy (non-hydrogen) atoms. The van der Waals surface area contributed by atoms with E-state index in [0.29, 0.717) is 34.0 Å². The van der Waals surface area contributed by atoms with Crippen LogP contribution in [0.15, 0.2) is 76.3 Å². The van der Waals surface area contributed by atoms with E-state index in [0.717, 1.165) is 21.7 Å². The van der Waals surface area contributed by atoms with Gasteiger partial charge in [0.05, 0.1) is 16.5 Å². The summed E-state index contributed by atoms with van der Waals surface area (Å²) in [7, 11) is 0. The Hall–Kier alpha value is -3.07. The van der Waals surface area contributed by atoms with E-state index in [-0.39, 0.29) is 5.82 Å². The standard InChI is InChI=1S/C24H18ClFN4OS2/c1-14-20(23-28-22(29-31-23)19-6-3-11-33-19)21(16-4-2-5-18(26)12-16)27-24(32)30(14)13-15-7-9-17(25)10-8-15/h2-12,21H,13H2,1H3,(H,27,32). The Bertz CT molecular complexity index is 1330. The van der Waals surface area contributed by atoms with E-state index < -0.39 is 6.04 Å². The first-order valence-electron chi connectivity index (χ1n) is 10.2. The molecule has 1 unspecified atom stereocenters. The monoisotopic (exact) mass is 496 g/mol. The molecule has 9 heteroatoms. The van der Waals surface area contributed by atoms with Gasteiger partial charge < -0.3 is 14.7 Å². The maximum atomic E-state index is 14.1. The van der Waals surface area contributed by atoms with E-state index in [4.69, 9.17) is 28.3 Å². The highest BCUT2D eigenvalue weighted by molar-refractivity contribution is 7.80. The number of nitrogens with zero attached hydrogens (tertiary/aromatic N) is 3. The highest BCUT2D eigenvalue weighted by atomic mass is 35.5. The molecule has 166 valence electrons. The van der Waals surface area contributed by atoms with Crippen LogP contribution in [-0.2, 0) is 6.54 Å². The lowest BCUT2D eigenvalue weighted by Gasteiger charge is -2.37. The van der Waals surface area contributed by atoms with Gasteiger partial charge in [-0.15, -0.1) is 11.3 Å². The second kappa shape index (κ2) is 9.05. The fourth-order valence-electron chi connectivity index (χ4n) is 3.80. The lowest BCUT2D eigenvalue weighted by atomic mass is 9.94. The molecule has 1 atom stereocenters. The third-order valence-electron chi connectivity index (χ3n) is 5.43. The van der Waals surface area contributed by atoms with Crippen LogP contribution in [-0.4, -0.2) is 20.2 Å². The van der Waals surface area contributed by atoms with Crippen LogP contribution in [0.25, 0.3) is 16.3 Å². The van der Waals surface area contributed by atoms with Crippen LogP contribution in [0.3, 0.4) is 0 Å². The number of halogens is 2. The summed E-state index contributed by atoms with van der Waals surface area (Å²) in [5.74, 6) is 0.544. The zero-order valence-electron chi connectivity index (χ0n) is 17.5. The summed E-state index contributed by atoms with van der Waals surface area (Å²) in [6.07, 6.45) is 0. The maximum Gasteiger partial charge on any atom is 0.258 e. The van der Waals surface area contributed by atoms with Crippen molar-refractivity contribution in [1.82, 2.24) is 20.4 Å². The van der Waals surface area contributed by atoms with Gasteiger partial charge in [-0.1, -0.05) is 47.1 Å². The van der Waals surface area contributed by atoms with Gasteiger partial charge in [0.2, 0.25) is 5.82 Å². The number of hydrogen-bond donors (Lipinski definition) is 1. The molecule has 0 spiro atoms.